The quantitative estimate of drug-likeness (QED) is 0.561. The molecule has 8 heteroatoms. The summed E-state index contributed by atoms with van der Waals surface area (Å²) in [6.45, 7) is 7.20. The van der Waals surface area contributed by atoms with E-state index in [1.54, 1.807) is 32.7 Å². The number of likely N-dealkylation sites (tertiary alicyclic amines) is 1. The first-order valence-corrected chi connectivity index (χ1v) is 12.6. The Hall–Kier alpha value is -3.68. The van der Waals surface area contributed by atoms with Crippen molar-refractivity contribution in [2.45, 2.75) is 70.7 Å². The van der Waals surface area contributed by atoms with Gasteiger partial charge in [0.25, 0.3) is 0 Å². The molecule has 2 aromatic carbocycles. The maximum atomic E-state index is 13.8. The van der Waals surface area contributed by atoms with Crippen LogP contribution in [-0.4, -0.2) is 70.8 Å². The number of ketones is 1. The minimum atomic E-state index is -0.951. The van der Waals surface area contributed by atoms with Gasteiger partial charge in [0, 0.05) is 26.4 Å². The number of carbonyl (C=O) groups excluding carboxylic acids is 4. The average Bonchev–Trinajstić information content (AvgIpc) is 2.80. The third kappa shape index (κ3) is 7.65. The van der Waals surface area contributed by atoms with Crippen molar-refractivity contribution in [3.8, 4) is 0 Å². The van der Waals surface area contributed by atoms with Gasteiger partial charge >= 0.3 is 6.09 Å². The summed E-state index contributed by atoms with van der Waals surface area (Å²) < 4.78 is 5.41. The Morgan fingerprint density at radius 1 is 0.973 bits per heavy atom. The van der Waals surface area contributed by atoms with Crippen molar-refractivity contribution in [1.29, 1.82) is 0 Å². The molecular formula is C29H37N3O5. The summed E-state index contributed by atoms with van der Waals surface area (Å²) in [5, 5.41) is 2.71. The van der Waals surface area contributed by atoms with E-state index in [0.717, 1.165) is 11.1 Å². The number of hydrogen-bond acceptors (Lipinski definition) is 5. The van der Waals surface area contributed by atoms with Crippen molar-refractivity contribution in [2.24, 2.45) is 0 Å². The van der Waals surface area contributed by atoms with E-state index in [1.165, 1.54) is 11.8 Å². The molecule has 0 spiro atoms. The van der Waals surface area contributed by atoms with Gasteiger partial charge < -0.3 is 19.9 Å². The summed E-state index contributed by atoms with van der Waals surface area (Å²) in [4.78, 5) is 55.1. The molecule has 0 unspecified atom stereocenters. The van der Waals surface area contributed by atoms with Gasteiger partial charge in [0.05, 0.1) is 6.04 Å². The van der Waals surface area contributed by atoms with Crippen molar-refractivity contribution in [3.63, 3.8) is 0 Å². The van der Waals surface area contributed by atoms with E-state index in [0.29, 0.717) is 13.0 Å². The first kappa shape index (κ1) is 27.9. The third-order valence-corrected chi connectivity index (χ3v) is 6.42. The Kier molecular flexibility index (Phi) is 9.08. The predicted molar refractivity (Wildman–Crippen MR) is 141 cm³/mol. The second-order valence-electron chi connectivity index (χ2n) is 10.5. The van der Waals surface area contributed by atoms with Gasteiger partial charge in [-0.1, -0.05) is 60.7 Å². The van der Waals surface area contributed by atoms with Crippen LogP contribution >= 0.6 is 0 Å². The van der Waals surface area contributed by atoms with Crippen LogP contribution in [0.1, 0.15) is 45.2 Å². The Morgan fingerprint density at radius 3 is 1.97 bits per heavy atom. The number of Topliss-reactive ketones (excluding diaryl/α,β-unsaturated/α-hetero) is 1. The first-order valence-electron chi connectivity index (χ1n) is 12.6. The molecule has 1 fully saturated rings. The minimum Gasteiger partial charge on any atom is -0.444 e. The second kappa shape index (κ2) is 12.0. The lowest BCUT2D eigenvalue weighted by atomic mass is 9.95. The molecule has 1 heterocycles. The Balaban J connectivity index is 1.88. The molecule has 37 heavy (non-hydrogen) atoms. The van der Waals surface area contributed by atoms with E-state index in [1.807, 2.05) is 60.7 Å². The summed E-state index contributed by atoms with van der Waals surface area (Å²) in [6, 6.07) is 16.5. The van der Waals surface area contributed by atoms with Gasteiger partial charge in [-0.05, 0) is 45.2 Å². The Bertz CT molecular complexity index is 1100. The molecule has 198 valence electrons. The summed E-state index contributed by atoms with van der Waals surface area (Å²) in [5.74, 6) is -0.758. The first-order chi connectivity index (χ1) is 17.5. The topological polar surface area (TPSA) is 96.0 Å². The lowest BCUT2D eigenvalue weighted by molar-refractivity contribution is -0.153. The number of alkyl carbamates (subject to hydrolysis) is 1. The molecule has 1 N–H and O–H groups in total. The zero-order valence-electron chi connectivity index (χ0n) is 22.3. The summed E-state index contributed by atoms with van der Waals surface area (Å²) in [6.07, 6.45) is 0.427. The zero-order valence-corrected chi connectivity index (χ0v) is 22.3. The second-order valence-corrected chi connectivity index (χ2v) is 10.5. The molecule has 0 saturated carbocycles. The molecule has 8 nitrogen and oxygen atoms in total. The van der Waals surface area contributed by atoms with Crippen molar-refractivity contribution in [2.75, 3.05) is 13.6 Å². The van der Waals surface area contributed by atoms with Gasteiger partial charge in [-0.2, -0.15) is 0 Å². The Labute approximate surface area is 219 Å². The molecule has 1 aliphatic rings. The number of ether oxygens (including phenoxy) is 1. The van der Waals surface area contributed by atoms with E-state index < -0.39 is 35.7 Å². The largest absolute Gasteiger partial charge is 0.444 e. The molecular weight excluding hydrogens is 470 g/mol. The molecule has 2 aromatic rings. The molecule has 0 aliphatic carbocycles. The van der Waals surface area contributed by atoms with Crippen LogP contribution in [0.2, 0.25) is 0 Å². The number of carbonyl (C=O) groups is 4. The fourth-order valence-corrected chi connectivity index (χ4v) is 4.39. The number of benzene rings is 2. The van der Waals surface area contributed by atoms with Crippen molar-refractivity contribution < 1.29 is 23.9 Å². The van der Waals surface area contributed by atoms with Crippen molar-refractivity contribution in [3.05, 3.63) is 71.8 Å². The molecule has 1 aliphatic heterocycles. The van der Waals surface area contributed by atoms with E-state index in [4.69, 9.17) is 4.74 Å². The van der Waals surface area contributed by atoms with Crippen LogP contribution in [0.4, 0.5) is 4.79 Å². The van der Waals surface area contributed by atoms with Gasteiger partial charge in [-0.3, -0.25) is 14.4 Å². The van der Waals surface area contributed by atoms with E-state index in [-0.39, 0.29) is 24.5 Å². The highest BCUT2D eigenvalue weighted by molar-refractivity contribution is 5.95. The number of amides is 3. The monoisotopic (exact) mass is 507 g/mol. The van der Waals surface area contributed by atoms with Crippen LogP contribution < -0.4 is 5.32 Å². The normalized spacial score (nSPS) is 16.7. The van der Waals surface area contributed by atoms with Crippen molar-refractivity contribution in [1.82, 2.24) is 15.1 Å². The smallest absolute Gasteiger partial charge is 0.408 e. The fourth-order valence-electron chi connectivity index (χ4n) is 4.39. The van der Waals surface area contributed by atoms with E-state index in [9.17, 15) is 19.2 Å². The van der Waals surface area contributed by atoms with Crippen LogP contribution in [0.3, 0.4) is 0 Å². The maximum absolute atomic E-state index is 13.8. The van der Waals surface area contributed by atoms with Gasteiger partial charge in [0.2, 0.25) is 11.8 Å². The van der Waals surface area contributed by atoms with E-state index >= 15 is 0 Å². The lowest BCUT2D eigenvalue weighted by Gasteiger charge is -2.43. The molecule has 1 saturated heterocycles. The van der Waals surface area contributed by atoms with Crippen LogP contribution in [-0.2, 0) is 32.0 Å². The van der Waals surface area contributed by atoms with E-state index in [2.05, 4.69) is 5.32 Å². The number of likely N-dealkylation sites (N-methyl/N-ethyl adjacent to an activating group) is 1. The molecule has 0 aromatic heterocycles. The minimum absolute atomic E-state index is 0.0689. The highest BCUT2D eigenvalue weighted by Crippen LogP contribution is 2.23. The molecule has 3 amide bonds. The third-order valence-electron chi connectivity index (χ3n) is 6.42. The van der Waals surface area contributed by atoms with Crippen LogP contribution in [0.25, 0.3) is 0 Å². The zero-order chi connectivity index (χ0) is 27.2. The van der Waals surface area contributed by atoms with Crippen LogP contribution in [0.5, 0.6) is 0 Å². The van der Waals surface area contributed by atoms with Gasteiger partial charge in [-0.25, -0.2) is 4.79 Å². The Morgan fingerprint density at radius 2 is 1.51 bits per heavy atom. The standard InChI is InChI=1S/C29H37N3O5/c1-20(33)24-16-17-32(24)27(35)25(19-22-14-10-7-11-15-22)31(5)26(34)23(18-21-12-8-6-9-13-21)30-28(36)37-29(2,3)4/h6-15,23-25H,16-19H2,1-5H3,(H,30,36)/t23-,24-,25-/m0/s1. The molecule has 0 bridgehead atoms. The number of nitrogens with one attached hydrogen (secondary N) is 1. The number of nitrogens with zero attached hydrogens (tertiary/aromatic N) is 2. The van der Waals surface area contributed by atoms with Gasteiger partial charge in [-0.15, -0.1) is 0 Å². The summed E-state index contributed by atoms with van der Waals surface area (Å²) in [7, 11) is 1.57. The summed E-state index contributed by atoms with van der Waals surface area (Å²) in [5.41, 5.74) is 1.01. The molecule has 3 atom stereocenters. The van der Waals surface area contributed by atoms with Crippen molar-refractivity contribution >= 4 is 23.7 Å². The maximum Gasteiger partial charge on any atom is 0.408 e. The predicted octanol–water partition coefficient (Wildman–Crippen LogP) is 3.38. The SMILES string of the molecule is CC(=O)[C@@H]1CCN1C(=O)[C@H](Cc1ccccc1)N(C)C(=O)[C@H](Cc1ccccc1)NC(=O)OC(C)(C)C. The highest BCUT2D eigenvalue weighted by atomic mass is 16.6. The fraction of sp³-hybridized carbons (Fsp3) is 0.448. The van der Waals surface area contributed by atoms with Gasteiger partial charge in [0.15, 0.2) is 5.78 Å². The summed E-state index contributed by atoms with van der Waals surface area (Å²) >= 11 is 0. The van der Waals surface area contributed by atoms with Crippen LogP contribution in [0.15, 0.2) is 60.7 Å². The highest BCUT2D eigenvalue weighted by Gasteiger charge is 2.41. The number of rotatable bonds is 9. The lowest BCUT2D eigenvalue weighted by Crippen LogP contribution is -2.62. The molecule has 3 rings (SSSR count). The average molecular weight is 508 g/mol. The van der Waals surface area contributed by atoms with Gasteiger partial charge in [0.1, 0.15) is 17.7 Å². The number of hydrogen-bond donors (Lipinski definition) is 1. The molecule has 0 radical (unpaired) electrons. The van der Waals surface area contributed by atoms with Crippen LogP contribution in [0, 0.1) is 0 Å².